The average Bonchev–Trinajstić information content (AvgIpc) is 3.02. The van der Waals surface area contributed by atoms with E-state index in [0.717, 1.165) is 17.0 Å². The quantitative estimate of drug-likeness (QED) is 0.773. The Labute approximate surface area is 140 Å². The second-order valence-corrected chi connectivity index (χ2v) is 5.60. The fourth-order valence-corrected chi connectivity index (χ4v) is 2.36. The van der Waals surface area contributed by atoms with Crippen molar-refractivity contribution in [3.05, 3.63) is 66.0 Å². The number of nitrogens with one attached hydrogen (secondary N) is 2. The van der Waals surface area contributed by atoms with Crippen molar-refractivity contribution in [2.24, 2.45) is 0 Å². The third-order valence-electron chi connectivity index (χ3n) is 3.58. The van der Waals surface area contributed by atoms with Crippen LogP contribution < -0.4 is 5.32 Å². The molecule has 3 rings (SSSR count). The minimum absolute atomic E-state index is 0.165. The van der Waals surface area contributed by atoms with Crippen molar-refractivity contribution in [2.45, 2.75) is 13.5 Å². The molecule has 0 bridgehead atoms. The van der Waals surface area contributed by atoms with E-state index in [9.17, 15) is 4.79 Å². The number of nitrogens with zero attached hydrogens (tertiary/aromatic N) is 3. The molecule has 0 spiro atoms. The largest absolute Gasteiger partial charge is 0.323 e. The van der Waals surface area contributed by atoms with Crippen molar-refractivity contribution in [1.82, 2.24) is 20.1 Å². The van der Waals surface area contributed by atoms with Crippen LogP contribution in [-0.4, -0.2) is 33.2 Å². The number of hydrogen-bond donors (Lipinski definition) is 2. The maximum Gasteiger partial charge on any atom is 0.321 e. The van der Waals surface area contributed by atoms with Gasteiger partial charge in [0, 0.05) is 24.8 Å². The fraction of sp³-hybridized carbons (Fsp3) is 0.167. The van der Waals surface area contributed by atoms with Crippen LogP contribution in [0.25, 0.3) is 11.4 Å². The average molecular weight is 321 g/mol. The molecule has 24 heavy (non-hydrogen) atoms. The van der Waals surface area contributed by atoms with Crippen LogP contribution in [0.4, 0.5) is 10.5 Å². The molecule has 1 heterocycles. The van der Waals surface area contributed by atoms with Crippen LogP contribution in [0.15, 0.2) is 54.6 Å². The molecule has 2 aromatic carbocycles. The van der Waals surface area contributed by atoms with Crippen LogP contribution in [0.3, 0.4) is 0 Å². The van der Waals surface area contributed by atoms with Gasteiger partial charge in [0.1, 0.15) is 5.82 Å². The van der Waals surface area contributed by atoms with Gasteiger partial charge in [-0.1, -0.05) is 42.5 Å². The standard InChI is InChI=1S/C18H19N5O/c1-13-19-17(22-21-13)15-9-6-10-16(11-15)20-18(24)23(2)12-14-7-4-3-5-8-14/h3-11H,12H2,1-2H3,(H,20,24)(H,19,21,22). The Morgan fingerprint density at radius 1 is 1.17 bits per heavy atom. The predicted molar refractivity (Wildman–Crippen MR) is 93.5 cm³/mol. The number of H-pyrrole nitrogens is 1. The number of benzene rings is 2. The molecule has 1 aromatic heterocycles. The molecule has 6 nitrogen and oxygen atoms in total. The highest BCUT2D eigenvalue weighted by molar-refractivity contribution is 5.89. The summed E-state index contributed by atoms with van der Waals surface area (Å²) in [4.78, 5) is 18.3. The Morgan fingerprint density at radius 3 is 2.67 bits per heavy atom. The first kappa shape index (κ1) is 15.7. The van der Waals surface area contributed by atoms with Crippen LogP contribution in [0.1, 0.15) is 11.4 Å². The zero-order valence-electron chi connectivity index (χ0n) is 13.7. The third kappa shape index (κ3) is 3.78. The van der Waals surface area contributed by atoms with Crippen LogP contribution in [0.5, 0.6) is 0 Å². The maximum atomic E-state index is 12.3. The number of amides is 2. The van der Waals surface area contributed by atoms with Crippen LogP contribution >= 0.6 is 0 Å². The maximum absolute atomic E-state index is 12.3. The summed E-state index contributed by atoms with van der Waals surface area (Å²) in [5.41, 5.74) is 2.64. The van der Waals surface area contributed by atoms with Gasteiger partial charge in [-0.3, -0.25) is 5.10 Å². The van der Waals surface area contributed by atoms with E-state index in [0.29, 0.717) is 18.1 Å². The molecule has 0 fully saturated rings. The molecule has 3 aromatic rings. The van der Waals surface area contributed by atoms with Crippen LogP contribution in [0.2, 0.25) is 0 Å². The highest BCUT2D eigenvalue weighted by Gasteiger charge is 2.10. The first-order chi connectivity index (χ1) is 11.6. The monoisotopic (exact) mass is 321 g/mol. The number of carbonyl (C=O) groups excluding carboxylic acids is 1. The minimum Gasteiger partial charge on any atom is -0.323 e. The Morgan fingerprint density at radius 2 is 1.96 bits per heavy atom. The molecular weight excluding hydrogens is 302 g/mol. The van der Waals surface area contributed by atoms with E-state index in [1.54, 1.807) is 11.9 Å². The zero-order chi connectivity index (χ0) is 16.9. The van der Waals surface area contributed by atoms with Gasteiger partial charge in [0.2, 0.25) is 0 Å². The summed E-state index contributed by atoms with van der Waals surface area (Å²) >= 11 is 0. The van der Waals surface area contributed by atoms with Gasteiger partial charge in [-0.2, -0.15) is 5.10 Å². The number of hydrogen-bond acceptors (Lipinski definition) is 3. The number of carbonyl (C=O) groups is 1. The smallest absolute Gasteiger partial charge is 0.321 e. The summed E-state index contributed by atoms with van der Waals surface area (Å²) in [5, 5.41) is 9.85. The second kappa shape index (κ2) is 6.95. The van der Waals surface area contributed by atoms with Gasteiger partial charge < -0.3 is 10.2 Å². The van der Waals surface area contributed by atoms with Crippen molar-refractivity contribution in [2.75, 3.05) is 12.4 Å². The number of aryl methyl sites for hydroxylation is 1. The molecule has 0 saturated carbocycles. The number of aromatic nitrogens is 3. The van der Waals surface area contributed by atoms with E-state index in [1.807, 2.05) is 61.5 Å². The number of urea groups is 1. The van der Waals surface area contributed by atoms with Gasteiger partial charge in [0.15, 0.2) is 5.82 Å². The first-order valence-electron chi connectivity index (χ1n) is 7.67. The summed E-state index contributed by atoms with van der Waals surface area (Å²) in [5.74, 6) is 1.36. The van der Waals surface area contributed by atoms with Gasteiger partial charge in [0.25, 0.3) is 0 Å². The van der Waals surface area contributed by atoms with E-state index >= 15 is 0 Å². The summed E-state index contributed by atoms with van der Waals surface area (Å²) in [6, 6.07) is 17.2. The van der Waals surface area contributed by atoms with Crippen molar-refractivity contribution >= 4 is 11.7 Å². The molecule has 122 valence electrons. The van der Waals surface area contributed by atoms with Gasteiger partial charge in [-0.25, -0.2) is 9.78 Å². The van der Waals surface area contributed by atoms with Crippen molar-refractivity contribution in [3.8, 4) is 11.4 Å². The molecule has 2 N–H and O–H groups in total. The van der Waals surface area contributed by atoms with Gasteiger partial charge in [-0.15, -0.1) is 0 Å². The molecular formula is C18H19N5O. The van der Waals surface area contributed by atoms with Gasteiger partial charge >= 0.3 is 6.03 Å². The van der Waals surface area contributed by atoms with Gasteiger partial charge in [-0.05, 0) is 24.6 Å². The SMILES string of the molecule is Cc1nc(-c2cccc(NC(=O)N(C)Cc3ccccc3)c2)n[nH]1. The lowest BCUT2D eigenvalue weighted by Crippen LogP contribution is -2.30. The molecule has 2 amide bonds. The Balaban J connectivity index is 1.68. The highest BCUT2D eigenvalue weighted by Crippen LogP contribution is 2.19. The lowest BCUT2D eigenvalue weighted by Gasteiger charge is -2.18. The molecule has 0 aliphatic rings. The van der Waals surface area contributed by atoms with E-state index in [1.165, 1.54) is 0 Å². The molecule has 0 aliphatic heterocycles. The summed E-state index contributed by atoms with van der Waals surface area (Å²) in [7, 11) is 1.77. The Hall–Kier alpha value is -3.15. The van der Waals surface area contributed by atoms with Crippen molar-refractivity contribution in [3.63, 3.8) is 0 Å². The second-order valence-electron chi connectivity index (χ2n) is 5.60. The predicted octanol–water partition coefficient (Wildman–Crippen LogP) is 3.44. The van der Waals surface area contributed by atoms with E-state index < -0.39 is 0 Å². The lowest BCUT2D eigenvalue weighted by molar-refractivity contribution is 0.220. The van der Waals surface area contributed by atoms with Crippen LogP contribution in [-0.2, 0) is 6.54 Å². The Bertz CT molecular complexity index is 828. The summed E-state index contributed by atoms with van der Waals surface area (Å²) in [6.07, 6.45) is 0. The molecule has 0 saturated heterocycles. The molecule has 0 atom stereocenters. The Kier molecular flexibility index (Phi) is 4.56. The van der Waals surface area contributed by atoms with Gasteiger partial charge in [0.05, 0.1) is 0 Å². The highest BCUT2D eigenvalue weighted by atomic mass is 16.2. The first-order valence-corrected chi connectivity index (χ1v) is 7.67. The number of aromatic amines is 1. The summed E-state index contributed by atoms with van der Waals surface area (Å²) < 4.78 is 0. The fourth-order valence-electron chi connectivity index (χ4n) is 2.36. The molecule has 0 radical (unpaired) electrons. The van der Waals surface area contributed by atoms with Crippen LogP contribution in [0, 0.1) is 6.92 Å². The lowest BCUT2D eigenvalue weighted by atomic mass is 10.2. The van der Waals surface area contributed by atoms with E-state index in [2.05, 4.69) is 20.5 Å². The molecule has 0 aliphatic carbocycles. The molecule has 6 heteroatoms. The third-order valence-corrected chi connectivity index (χ3v) is 3.58. The van der Waals surface area contributed by atoms with E-state index in [4.69, 9.17) is 0 Å². The normalized spacial score (nSPS) is 10.4. The number of anilines is 1. The number of rotatable bonds is 4. The van der Waals surface area contributed by atoms with E-state index in [-0.39, 0.29) is 6.03 Å². The minimum atomic E-state index is -0.165. The van der Waals surface area contributed by atoms with Crippen molar-refractivity contribution in [1.29, 1.82) is 0 Å². The van der Waals surface area contributed by atoms with Crippen molar-refractivity contribution < 1.29 is 4.79 Å². The summed E-state index contributed by atoms with van der Waals surface area (Å²) in [6.45, 7) is 2.40. The topological polar surface area (TPSA) is 73.9 Å². The zero-order valence-corrected chi connectivity index (χ0v) is 13.7. The molecule has 0 unspecified atom stereocenters.